The van der Waals surface area contributed by atoms with E-state index in [2.05, 4.69) is 25.5 Å². The third kappa shape index (κ3) is 8.54. The molecular formula is C28H25ClF3N5O4S. The van der Waals surface area contributed by atoms with Gasteiger partial charge in [-0.25, -0.2) is 4.79 Å². The highest BCUT2D eigenvalue weighted by Gasteiger charge is 2.38. The Kier molecular flexibility index (Phi) is 10.2. The number of benzene rings is 2. The van der Waals surface area contributed by atoms with Crippen molar-refractivity contribution in [2.75, 3.05) is 31.5 Å². The second kappa shape index (κ2) is 13.8. The molecule has 220 valence electrons. The number of aromatic nitrogens is 1. The Hall–Kier alpha value is -3.94. The van der Waals surface area contributed by atoms with Crippen LogP contribution in [0.25, 0.3) is 17.0 Å². The molecule has 3 heterocycles. The smallest absolute Gasteiger partial charge is 0.475 e. The van der Waals surface area contributed by atoms with Crippen LogP contribution in [0.4, 0.5) is 18.9 Å². The molecule has 1 saturated heterocycles. The summed E-state index contributed by atoms with van der Waals surface area (Å²) in [5.74, 6) is -3.24. The molecule has 1 aromatic heterocycles. The van der Waals surface area contributed by atoms with E-state index in [1.807, 2.05) is 36.4 Å². The SMILES string of the molecule is O=C(O)C(F)(F)F.O=C1N=C(Nc2cc(C(=O)NCCN3CCCC3)ccc2Cl)S/C1=C\c1ccc2ncccc2c1. The Balaban J connectivity index is 0.000000517. The molecule has 42 heavy (non-hydrogen) atoms. The number of carbonyl (C=O) groups is 3. The zero-order valence-electron chi connectivity index (χ0n) is 21.9. The first-order chi connectivity index (χ1) is 20.0. The van der Waals surface area contributed by atoms with Crippen molar-refractivity contribution >= 4 is 69.0 Å². The van der Waals surface area contributed by atoms with Crippen molar-refractivity contribution in [1.82, 2.24) is 15.2 Å². The predicted octanol–water partition coefficient (Wildman–Crippen LogP) is 5.43. The highest BCUT2D eigenvalue weighted by molar-refractivity contribution is 8.18. The number of rotatable bonds is 6. The number of pyridine rings is 1. The van der Waals surface area contributed by atoms with Gasteiger partial charge in [0.1, 0.15) is 0 Å². The van der Waals surface area contributed by atoms with Gasteiger partial charge in [0.05, 0.1) is 21.1 Å². The van der Waals surface area contributed by atoms with E-state index in [1.165, 1.54) is 24.6 Å². The van der Waals surface area contributed by atoms with Gasteiger partial charge in [-0.3, -0.25) is 14.6 Å². The first-order valence-corrected chi connectivity index (χ1v) is 13.9. The fourth-order valence-electron chi connectivity index (χ4n) is 4.11. The molecule has 0 spiro atoms. The van der Waals surface area contributed by atoms with Crippen LogP contribution in [0.5, 0.6) is 0 Å². The van der Waals surface area contributed by atoms with E-state index in [9.17, 15) is 22.8 Å². The van der Waals surface area contributed by atoms with Crippen LogP contribution in [0.2, 0.25) is 5.02 Å². The van der Waals surface area contributed by atoms with Crippen molar-refractivity contribution in [3.05, 3.63) is 75.8 Å². The van der Waals surface area contributed by atoms with Crippen molar-refractivity contribution in [3.8, 4) is 0 Å². The third-order valence-corrected chi connectivity index (χ3v) is 7.40. The van der Waals surface area contributed by atoms with Gasteiger partial charge >= 0.3 is 12.1 Å². The number of thioether (sulfide) groups is 1. The van der Waals surface area contributed by atoms with E-state index < -0.39 is 12.1 Å². The number of halogens is 4. The van der Waals surface area contributed by atoms with Gasteiger partial charge in [0.2, 0.25) is 0 Å². The van der Waals surface area contributed by atoms with Gasteiger partial charge in [-0.1, -0.05) is 23.7 Å². The molecule has 0 atom stereocenters. The number of aliphatic carboxylic acids is 1. The fourth-order valence-corrected chi connectivity index (χ4v) is 5.10. The number of nitrogens with zero attached hydrogens (tertiary/aromatic N) is 3. The lowest BCUT2D eigenvalue weighted by molar-refractivity contribution is -0.192. The standard InChI is InChI=1S/C26H24ClN5O2S.C2HF3O2/c27-20-7-6-19(24(33)29-10-13-32-11-1-2-12-32)16-22(20)30-26-31-25(34)23(35-26)15-17-5-8-21-18(14-17)4-3-9-28-21;3-2(4,5)1(6)7/h3-9,14-16H,1-2,10-13H2,(H,29,33)(H,30,31,34);(H,6,7)/b23-15-;. The van der Waals surface area contributed by atoms with E-state index in [1.54, 1.807) is 24.4 Å². The molecule has 2 amide bonds. The molecule has 9 nitrogen and oxygen atoms in total. The maximum atomic E-state index is 12.6. The summed E-state index contributed by atoms with van der Waals surface area (Å²) in [4.78, 5) is 45.3. The Morgan fingerprint density at radius 1 is 1.12 bits per heavy atom. The van der Waals surface area contributed by atoms with Gasteiger partial charge in [0.15, 0.2) is 5.17 Å². The summed E-state index contributed by atoms with van der Waals surface area (Å²) < 4.78 is 31.7. The summed E-state index contributed by atoms with van der Waals surface area (Å²) in [7, 11) is 0. The highest BCUT2D eigenvalue weighted by atomic mass is 35.5. The summed E-state index contributed by atoms with van der Waals surface area (Å²) in [5, 5.41) is 15.0. The molecule has 0 bridgehead atoms. The van der Waals surface area contributed by atoms with Crippen LogP contribution in [0, 0.1) is 0 Å². The summed E-state index contributed by atoms with van der Waals surface area (Å²) in [5.41, 5.74) is 2.81. The second-order valence-corrected chi connectivity index (χ2v) is 10.7. The molecule has 3 N–H and O–H groups in total. The van der Waals surface area contributed by atoms with E-state index >= 15 is 0 Å². The molecule has 5 rings (SSSR count). The van der Waals surface area contributed by atoms with Crippen molar-refractivity contribution in [1.29, 1.82) is 0 Å². The lowest BCUT2D eigenvalue weighted by atomic mass is 10.1. The van der Waals surface area contributed by atoms with Gasteiger partial charge < -0.3 is 20.6 Å². The molecule has 2 aromatic carbocycles. The Bertz CT molecular complexity index is 1560. The Morgan fingerprint density at radius 2 is 1.86 bits per heavy atom. The largest absolute Gasteiger partial charge is 0.490 e. The Labute approximate surface area is 247 Å². The average molecular weight is 620 g/mol. The van der Waals surface area contributed by atoms with Crippen LogP contribution in [0.15, 0.2) is 64.6 Å². The average Bonchev–Trinajstić information content (AvgIpc) is 3.59. The van der Waals surface area contributed by atoms with E-state index in [-0.39, 0.29) is 11.8 Å². The molecule has 0 aliphatic carbocycles. The van der Waals surface area contributed by atoms with Crippen molar-refractivity contribution in [2.24, 2.45) is 4.99 Å². The number of alkyl halides is 3. The zero-order valence-corrected chi connectivity index (χ0v) is 23.5. The number of amidine groups is 1. The minimum Gasteiger partial charge on any atom is -0.475 e. The van der Waals surface area contributed by atoms with Crippen LogP contribution < -0.4 is 10.6 Å². The molecule has 0 saturated carbocycles. The highest BCUT2D eigenvalue weighted by Crippen LogP contribution is 2.32. The number of nitrogens with one attached hydrogen (secondary N) is 2. The molecule has 0 unspecified atom stereocenters. The maximum Gasteiger partial charge on any atom is 0.490 e. The summed E-state index contributed by atoms with van der Waals surface area (Å²) in [6.45, 7) is 3.64. The number of fused-ring (bicyclic) bond motifs is 1. The molecule has 2 aliphatic heterocycles. The number of hydrogen-bond donors (Lipinski definition) is 3. The van der Waals surface area contributed by atoms with Gasteiger partial charge in [0, 0.05) is 30.2 Å². The van der Waals surface area contributed by atoms with Crippen LogP contribution >= 0.6 is 23.4 Å². The third-order valence-electron chi connectivity index (χ3n) is 6.17. The predicted molar refractivity (Wildman–Crippen MR) is 157 cm³/mol. The van der Waals surface area contributed by atoms with Crippen molar-refractivity contribution < 1.29 is 32.7 Å². The molecule has 14 heteroatoms. The maximum absolute atomic E-state index is 12.6. The van der Waals surface area contributed by atoms with Crippen LogP contribution in [0.3, 0.4) is 0 Å². The van der Waals surface area contributed by atoms with Crippen LogP contribution in [-0.2, 0) is 9.59 Å². The number of carboxylic acids is 1. The van der Waals surface area contributed by atoms with Crippen molar-refractivity contribution in [3.63, 3.8) is 0 Å². The first-order valence-electron chi connectivity index (χ1n) is 12.7. The number of aliphatic imine (C=N–C) groups is 1. The van der Waals surface area contributed by atoms with Crippen molar-refractivity contribution in [2.45, 2.75) is 19.0 Å². The molecule has 1 fully saturated rings. The number of amides is 2. The van der Waals surface area contributed by atoms with Gasteiger partial charge in [-0.05, 0) is 85.7 Å². The zero-order chi connectivity index (χ0) is 30.3. The van der Waals surface area contributed by atoms with Gasteiger partial charge in [-0.15, -0.1) is 0 Å². The molecule has 0 radical (unpaired) electrons. The Morgan fingerprint density at radius 3 is 2.57 bits per heavy atom. The van der Waals surface area contributed by atoms with Gasteiger partial charge in [0.25, 0.3) is 11.8 Å². The van der Waals surface area contributed by atoms with Crippen LogP contribution in [-0.4, -0.2) is 70.3 Å². The quantitative estimate of drug-likeness (QED) is 0.312. The molecule has 3 aromatic rings. The number of anilines is 1. The normalized spacial score (nSPS) is 16.2. The number of carboxylic acid groups (broad SMARTS) is 1. The summed E-state index contributed by atoms with van der Waals surface area (Å²) >= 11 is 7.59. The summed E-state index contributed by atoms with van der Waals surface area (Å²) in [6.07, 6.45) is 0.923. The molecule has 2 aliphatic rings. The lowest BCUT2D eigenvalue weighted by Gasteiger charge is -2.15. The summed E-state index contributed by atoms with van der Waals surface area (Å²) in [6, 6.07) is 14.7. The topological polar surface area (TPSA) is 124 Å². The molecular weight excluding hydrogens is 595 g/mol. The fraction of sp³-hybridized carbons (Fsp3) is 0.250. The number of hydrogen-bond acceptors (Lipinski definition) is 7. The van der Waals surface area contributed by atoms with E-state index in [4.69, 9.17) is 21.5 Å². The van der Waals surface area contributed by atoms with Crippen LogP contribution in [0.1, 0.15) is 28.8 Å². The minimum atomic E-state index is -5.08. The second-order valence-electron chi connectivity index (χ2n) is 9.22. The monoisotopic (exact) mass is 619 g/mol. The van der Waals surface area contributed by atoms with E-state index in [0.29, 0.717) is 32.9 Å². The number of likely N-dealkylation sites (tertiary alicyclic amines) is 1. The lowest BCUT2D eigenvalue weighted by Crippen LogP contribution is -2.33. The minimum absolute atomic E-state index is 0.160. The van der Waals surface area contributed by atoms with E-state index in [0.717, 1.165) is 36.1 Å². The first kappa shape index (κ1) is 31.0. The number of carbonyl (C=O) groups excluding carboxylic acids is 2. The van der Waals surface area contributed by atoms with Gasteiger partial charge in [-0.2, -0.15) is 18.2 Å².